The summed E-state index contributed by atoms with van der Waals surface area (Å²) in [6.45, 7) is 4.20. The zero-order valence-corrected chi connectivity index (χ0v) is 6.72. The fourth-order valence-electron chi connectivity index (χ4n) is 0.703. The first-order valence-corrected chi connectivity index (χ1v) is 3.58. The lowest BCUT2D eigenvalue weighted by atomic mass is 10.2. The van der Waals surface area contributed by atoms with E-state index in [2.05, 4.69) is 31.9 Å². The smallest absolute Gasteiger partial charge is 0.0270 e. The Morgan fingerprint density at radius 3 is 2.80 bits per heavy atom. The van der Waals surface area contributed by atoms with Gasteiger partial charge < -0.3 is 0 Å². The molecular weight excluding hydrogens is 120 g/mol. The quantitative estimate of drug-likeness (QED) is 0.411. The van der Waals surface area contributed by atoms with E-state index in [-0.39, 0.29) is 0 Å². The minimum Gasteiger partial charge on any atom is -0.120 e. The molecule has 0 aromatic heterocycles. The Balaban J connectivity index is 3.68. The van der Waals surface area contributed by atoms with Crippen molar-refractivity contribution in [3.8, 4) is 12.3 Å². The van der Waals surface area contributed by atoms with Gasteiger partial charge in [0.2, 0.25) is 0 Å². The van der Waals surface area contributed by atoms with Gasteiger partial charge in [-0.1, -0.05) is 30.7 Å². The lowest BCUT2D eigenvalue weighted by Gasteiger charge is -1.87. The van der Waals surface area contributed by atoms with Gasteiger partial charge in [-0.15, -0.1) is 12.3 Å². The zero-order chi connectivity index (χ0) is 7.82. The summed E-state index contributed by atoms with van der Waals surface area (Å²) in [6.07, 6.45) is 13.1. The van der Waals surface area contributed by atoms with Crippen LogP contribution in [0.1, 0.15) is 26.7 Å². The van der Waals surface area contributed by atoms with E-state index in [9.17, 15) is 0 Å². The van der Waals surface area contributed by atoms with Gasteiger partial charge in [0.25, 0.3) is 0 Å². The molecule has 0 N–H and O–H groups in total. The third-order valence-corrected chi connectivity index (χ3v) is 1.14. The van der Waals surface area contributed by atoms with Crippen LogP contribution in [-0.4, -0.2) is 0 Å². The molecule has 0 aromatic carbocycles. The molecule has 10 heavy (non-hydrogen) atoms. The molecule has 0 saturated carbocycles. The van der Waals surface area contributed by atoms with Crippen molar-refractivity contribution in [1.82, 2.24) is 0 Å². The summed E-state index contributed by atoms with van der Waals surface area (Å²) < 4.78 is 0. The molecule has 0 aromatic rings. The highest BCUT2D eigenvalue weighted by Crippen LogP contribution is 1.97. The van der Waals surface area contributed by atoms with E-state index in [4.69, 9.17) is 6.42 Å². The molecule has 0 unspecified atom stereocenters. The van der Waals surface area contributed by atoms with E-state index >= 15 is 0 Å². The molecule has 0 aliphatic carbocycles. The fraction of sp³-hybridized carbons (Fsp3) is 0.400. The van der Waals surface area contributed by atoms with Gasteiger partial charge in [-0.05, 0) is 13.3 Å². The van der Waals surface area contributed by atoms with Crippen molar-refractivity contribution in [3.05, 3.63) is 23.8 Å². The van der Waals surface area contributed by atoms with Crippen LogP contribution in [0, 0.1) is 12.3 Å². The Labute approximate surface area is 63.6 Å². The van der Waals surface area contributed by atoms with E-state index in [1.807, 2.05) is 6.08 Å². The minimum absolute atomic E-state index is 0.731. The first kappa shape index (κ1) is 9.04. The number of rotatable bonds is 3. The molecule has 0 saturated heterocycles. The summed E-state index contributed by atoms with van der Waals surface area (Å²) in [7, 11) is 0. The molecule has 0 radical (unpaired) electrons. The molecule has 0 atom stereocenters. The fourth-order valence-corrected chi connectivity index (χ4v) is 0.703. The maximum absolute atomic E-state index is 5.07. The Kier molecular flexibility index (Phi) is 5.57. The number of hydrogen-bond acceptors (Lipinski definition) is 0. The van der Waals surface area contributed by atoms with Crippen LogP contribution in [0.25, 0.3) is 0 Å². The predicted octanol–water partition coefficient (Wildman–Crippen LogP) is 2.92. The normalized spacial score (nSPS) is 11.9. The van der Waals surface area contributed by atoms with Gasteiger partial charge in [0.05, 0.1) is 0 Å². The van der Waals surface area contributed by atoms with Gasteiger partial charge in [-0.25, -0.2) is 0 Å². The van der Waals surface area contributed by atoms with Gasteiger partial charge in [0, 0.05) is 6.42 Å². The largest absolute Gasteiger partial charge is 0.120 e. The number of hydrogen-bond donors (Lipinski definition) is 0. The van der Waals surface area contributed by atoms with Crippen LogP contribution in [0.4, 0.5) is 0 Å². The number of terminal acetylenes is 1. The second kappa shape index (κ2) is 6.16. The average molecular weight is 134 g/mol. The molecule has 0 spiro atoms. The topological polar surface area (TPSA) is 0 Å². The Morgan fingerprint density at radius 1 is 1.60 bits per heavy atom. The maximum Gasteiger partial charge on any atom is 0.0270 e. The first-order valence-electron chi connectivity index (χ1n) is 3.58. The molecular formula is C10H14. The molecule has 0 heterocycles. The summed E-state index contributed by atoms with van der Waals surface area (Å²) in [5.74, 6) is 2.55. The molecule has 0 heteroatoms. The zero-order valence-electron chi connectivity index (χ0n) is 6.72. The van der Waals surface area contributed by atoms with Gasteiger partial charge in [0.15, 0.2) is 0 Å². The summed E-state index contributed by atoms with van der Waals surface area (Å²) in [5, 5.41) is 0. The monoisotopic (exact) mass is 134 g/mol. The van der Waals surface area contributed by atoms with Crippen molar-refractivity contribution in [1.29, 1.82) is 0 Å². The molecule has 0 aliphatic heterocycles. The van der Waals surface area contributed by atoms with Crippen LogP contribution in [0.5, 0.6) is 0 Å². The summed E-state index contributed by atoms with van der Waals surface area (Å²) in [4.78, 5) is 0. The second-order valence-corrected chi connectivity index (χ2v) is 2.17. The minimum atomic E-state index is 0.731. The SMILES string of the molecule is C#CC/C=C\C(C)=CCC. The van der Waals surface area contributed by atoms with Gasteiger partial charge in [-0.2, -0.15) is 0 Å². The Morgan fingerprint density at radius 2 is 2.30 bits per heavy atom. The van der Waals surface area contributed by atoms with E-state index in [1.54, 1.807) is 0 Å². The van der Waals surface area contributed by atoms with Gasteiger partial charge >= 0.3 is 0 Å². The molecule has 0 nitrogen and oxygen atoms in total. The van der Waals surface area contributed by atoms with Crippen molar-refractivity contribution >= 4 is 0 Å². The Hall–Kier alpha value is -0.960. The van der Waals surface area contributed by atoms with Crippen LogP contribution in [0.3, 0.4) is 0 Å². The molecule has 0 fully saturated rings. The molecule has 0 rings (SSSR count). The van der Waals surface area contributed by atoms with Crippen LogP contribution in [-0.2, 0) is 0 Å². The number of allylic oxidation sites excluding steroid dienone is 4. The van der Waals surface area contributed by atoms with Crippen LogP contribution >= 0.6 is 0 Å². The van der Waals surface area contributed by atoms with E-state index in [1.165, 1.54) is 5.57 Å². The predicted molar refractivity (Wildman–Crippen MR) is 46.6 cm³/mol. The second-order valence-electron chi connectivity index (χ2n) is 2.17. The highest BCUT2D eigenvalue weighted by atomic mass is 13.8. The van der Waals surface area contributed by atoms with Crippen LogP contribution < -0.4 is 0 Å². The van der Waals surface area contributed by atoms with Crippen molar-refractivity contribution < 1.29 is 0 Å². The average Bonchev–Trinajstić information content (AvgIpc) is 1.89. The first-order chi connectivity index (χ1) is 4.81. The van der Waals surface area contributed by atoms with Crippen LogP contribution in [0.15, 0.2) is 23.8 Å². The van der Waals surface area contributed by atoms with Crippen molar-refractivity contribution in [2.75, 3.05) is 0 Å². The summed E-state index contributed by atoms with van der Waals surface area (Å²) in [5.41, 5.74) is 1.29. The highest BCUT2D eigenvalue weighted by molar-refractivity contribution is 5.16. The van der Waals surface area contributed by atoms with E-state index in [0.29, 0.717) is 0 Å². The van der Waals surface area contributed by atoms with Crippen molar-refractivity contribution in [2.24, 2.45) is 0 Å². The van der Waals surface area contributed by atoms with Crippen molar-refractivity contribution in [2.45, 2.75) is 26.7 Å². The Bertz CT molecular complexity index is 165. The van der Waals surface area contributed by atoms with E-state index in [0.717, 1.165) is 12.8 Å². The van der Waals surface area contributed by atoms with Crippen molar-refractivity contribution in [3.63, 3.8) is 0 Å². The van der Waals surface area contributed by atoms with Crippen LogP contribution in [0.2, 0.25) is 0 Å². The third kappa shape index (κ3) is 5.18. The summed E-state index contributed by atoms with van der Waals surface area (Å²) in [6, 6.07) is 0. The third-order valence-electron chi connectivity index (χ3n) is 1.14. The van der Waals surface area contributed by atoms with E-state index < -0.39 is 0 Å². The lowest BCUT2D eigenvalue weighted by Crippen LogP contribution is -1.66. The van der Waals surface area contributed by atoms with Gasteiger partial charge in [0.1, 0.15) is 0 Å². The standard InChI is InChI=1S/C10H14/c1-4-6-7-9-10(3)8-5-2/h1,7-9H,5-6H2,2-3H3/b9-7-,10-8?. The molecule has 0 amide bonds. The maximum atomic E-state index is 5.07. The summed E-state index contributed by atoms with van der Waals surface area (Å²) >= 11 is 0. The highest BCUT2D eigenvalue weighted by Gasteiger charge is 1.76. The molecule has 54 valence electrons. The lowest BCUT2D eigenvalue weighted by molar-refractivity contribution is 1.19. The molecule has 0 aliphatic rings. The molecule has 0 bridgehead atoms. The van der Waals surface area contributed by atoms with Gasteiger partial charge in [-0.3, -0.25) is 0 Å².